The van der Waals surface area contributed by atoms with Gasteiger partial charge in [-0.3, -0.25) is 14.5 Å². The summed E-state index contributed by atoms with van der Waals surface area (Å²) in [5, 5.41) is 17.5. The van der Waals surface area contributed by atoms with E-state index in [0.717, 1.165) is 37.0 Å². The number of amides is 2. The highest BCUT2D eigenvalue weighted by molar-refractivity contribution is 5.96. The number of pyridine rings is 1. The van der Waals surface area contributed by atoms with Crippen molar-refractivity contribution in [2.75, 3.05) is 37.8 Å². The standard InChI is InChI=1S/C27H44N4O5.ClH/c1-6-18-13-29-24(12-23(18)36-8-3)31(20-9-10-20)27(34)22-15-28-14-21(25(22)32)26(33)30-19(11-17(4)5)16-35-7-2;/h12-13,17,19-22,25,28,32H,6-11,14-16H2,1-5H3,(H,30,33);1H/t19-,21-,22+,25-;/m1./s1. The zero-order valence-electron chi connectivity index (χ0n) is 22.9. The van der Waals surface area contributed by atoms with Crippen LogP contribution in [-0.4, -0.2) is 73.0 Å². The molecule has 2 aliphatic rings. The van der Waals surface area contributed by atoms with E-state index in [-0.39, 0.29) is 36.3 Å². The lowest BCUT2D eigenvalue weighted by molar-refractivity contribution is -0.137. The molecule has 1 aliphatic carbocycles. The minimum Gasteiger partial charge on any atom is -0.493 e. The van der Waals surface area contributed by atoms with Crippen LogP contribution in [0, 0.1) is 17.8 Å². The molecule has 1 saturated carbocycles. The van der Waals surface area contributed by atoms with Crippen molar-refractivity contribution in [1.29, 1.82) is 0 Å². The van der Waals surface area contributed by atoms with E-state index in [2.05, 4.69) is 29.5 Å². The SMILES string of the molecule is CCOC[C@@H](CC(C)C)NC(=O)[C@@H]1CNC[C@H](C(=O)N(c2cc(OCC)c(CC)cn2)C2CC2)[C@@H]1O.Cl. The lowest BCUT2D eigenvalue weighted by Crippen LogP contribution is -2.59. The van der Waals surface area contributed by atoms with E-state index in [4.69, 9.17) is 9.47 Å². The Labute approximate surface area is 227 Å². The number of nitrogens with zero attached hydrogens (tertiary/aromatic N) is 2. The van der Waals surface area contributed by atoms with Crippen LogP contribution in [0.2, 0.25) is 0 Å². The van der Waals surface area contributed by atoms with Crippen LogP contribution in [0.15, 0.2) is 12.3 Å². The lowest BCUT2D eigenvalue weighted by atomic mass is 9.85. The second-order valence-corrected chi connectivity index (χ2v) is 10.2. The Morgan fingerprint density at radius 1 is 1.19 bits per heavy atom. The highest BCUT2D eigenvalue weighted by Gasteiger charge is 2.45. The number of carbonyl (C=O) groups excluding carboxylic acids is 2. The summed E-state index contributed by atoms with van der Waals surface area (Å²) in [5.41, 5.74) is 0.989. The number of halogens is 1. The molecule has 9 nitrogen and oxygen atoms in total. The van der Waals surface area contributed by atoms with Gasteiger partial charge in [0.05, 0.1) is 37.2 Å². The van der Waals surface area contributed by atoms with Crippen LogP contribution < -0.4 is 20.3 Å². The van der Waals surface area contributed by atoms with Crippen LogP contribution >= 0.6 is 12.4 Å². The maximum atomic E-state index is 13.8. The minimum atomic E-state index is -1.09. The normalized spacial score (nSPS) is 22.2. The third-order valence-electron chi connectivity index (χ3n) is 6.84. The molecule has 1 aliphatic heterocycles. The molecule has 10 heteroatoms. The Morgan fingerprint density at radius 2 is 1.89 bits per heavy atom. The van der Waals surface area contributed by atoms with Gasteiger partial charge in [-0.15, -0.1) is 12.4 Å². The molecule has 0 unspecified atom stereocenters. The Bertz CT molecular complexity index is 882. The van der Waals surface area contributed by atoms with Crippen LogP contribution in [0.4, 0.5) is 5.82 Å². The quantitative estimate of drug-likeness (QED) is 0.352. The second kappa shape index (κ2) is 14.9. The van der Waals surface area contributed by atoms with Crippen LogP contribution in [-0.2, 0) is 20.7 Å². The molecule has 3 rings (SSSR count). The highest BCUT2D eigenvalue weighted by atomic mass is 35.5. The van der Waals surface area contributed by atoms with Gasteiger partial charge in [0.25, 0.3) is 0 Å². The number of aliphatic hydroxyl groups is 1. The number of aryl methyl sites for hydroxylation is 1. The van der Waals surface area contributed by atoms with Crippen LogP contribution in [0.5, 0.6) is 5.75 Å². The number of aromatic nitrogens is 1. The summed E-state index contributed by atoms with van der Waals surface area (Å²) in [5.74, 6) is -0.265. The molecule has 1 aromatic heterocycles. The van der Waals surface area contributed by atoms with E-state index in [1.165, 1.54) is 0 Å². The number of anilines is 1. The van der Waals surface area contributed by atoms with Gasteiger partial charge < -0.3 is 25.2 Å². The first-order valence-corrected chi connectivity index (χ1v) is 13.5. The van der Waals surface area contributed by atoms with Gasteiger partial charge in [0.15, 0.2) is 0 Å². The third kappa shape index (κ3) is 8.27. The zero-order chi connectivity index (χ0) is 26.2. The molecule has 2 fully saturated rings. The Hall–Kier alpha value is -1.94. The number of aliphatic hydroxyl groups excluding tert-OH is 1. The fourth-order valence-corrected chi connectivity index (χ4v) is 4.84. The smallest absolute Gasteiger partial charge is 0.235 e. The average Bonchev–Trinajstić information content (AvgIpc) is 3.68. The fourth-order valence-electron chi connectivity index (χ4n) is 4.84. The topological polar surface area (TPSA) is 113 Å². The largest absolute Gasteiger partial charge is 0.493 e. The van der Waals surface area contributed by atoms with Crippen molar-refractivity contribution in [3.63, 3.8) is 0 Å². The van der Waals surface area contributed by atoms with Crippen LogP contribution in [0.1, 0.15) is 59.4 Å². The summed E-state index contributed by atoms with van der Waals surface area (Å²) >= 11 is 0. The molecule has 3 N–H and O–H groups in total. The van der Waals surface area contributed by atoms with Gasteiger partial charge in [-0.25, -0.2) is 4.98 Å². The summed E-state index contributed by atoms with van der Waals surface area (Å²) in [6, 6.07) is 1.74. The summed E-state index contributed by atoms with van der Waals surface area (Å²) in [4.78, 5) is 33.2. The van der Waals surface area contributed by atoms with Crippen molar-refractivity contribution < 1.29 is 24.2 Å². The van der Waals surface area contributed by atoms with Crippen molar-refractivity contribution in [3.8, 4) is 5.75 Å². The Kier molecular flexibility index (Phi) is 12.6. The van der Waals surface area contributed by atoms with Crippen LogP contribution in [0.25, 0.3) is 0 Å². The minimum absolute atomic E-state index is 0. The Balaban J connectivity index is 0.00000481. The molecule has 0 bridgehead atoms. The molecule has 0 spiro atoms. The number of ether oxygens (including phenoxy) is 2. The molecular formula is C27H45ClN4O5. The van der Waals surface area contributed by atoms with Gasteiger partial charge in [-0.1, -0.05) is 20.8 Å². The van der Waals surface area contributed by atoms with E-state index >= 15 is 0 Å². The predicted octanol–water partition coefficient (Wildman–Crippen LogP) is 2.72. The fraction of sp³-hybridized carbons (Fsp3) is 0.741. The zero-order valence-corrected chi connectivity index (χ0v) is 23.7. The molecule has 210 valence electrons. The monoisotopic (exact) mass is 540 g/mol. The van der Waals surface area contributed by atoms with Crippen molar-refractivity contribution in [3.05, 3.63) is 17.8 Å². The van der Waals surface area contributed by atoms with Gasteiger partial charge >= 0.3 is 0 Å². The van der Waals surface area contributed by atoms with E-state index < -0.39 is 17.9 Å². The molecule has 2 amide bonds. The van der Waals surface area contributed by atoms with Gasteiger partial charge in [0.1, 0.15) is 11.6 Å². The molecule has 37 heavy (non-hydrogen) atoms. The number of nitrogens with one attached hydrogen (secondary N) is 2. The van der Waals surface area contributed by atoms with E-state index in [1.54, 1.807) is 11.1 Å². The predicted molar refractivity (Wildman–Crippen MR) is 146 cm³/mol. The van der Waals surface area contributed by atoms with Gasteiger partial charge in [0, 0.05) is 43.6 Å². The van der Waals surface area contributed by atoms with Crippen LogP contribution in [0.3, 0.4) is 0 Å². The lowest BCUT2D eigenvalue weighted by Gasteiger charge is -2.37. The van der Waals surface area contributed by atoms with Crippen molar-refractivity contribution in [1.82, 2.24) is 15.6 Å². The number of hydrogen-bond acceptors (Lipinski definition) is 7. The first-order valence-electron chi connectivity index (χ1n) is 13.5. The number of piperidine rings is 1. The molecular weight excluding hydrogens is 496 g/mol. The molecule has 1 saturated heterocycles. The number of rotatable bonds is 13. The molecule has 0 aromatic carbocycles. The first-order chi connectivity index (χ1) is 17.3. The summed E-state index contributed by atoms with van der Waals surface area (Å²) in [6.45, 7) is 12.2. The van der Waals surface area contributed by atoms with Crippen molar-refractivity contribution in [2.45, 2.75) is 78.5 Å². The van der Waals surface area contributed by atoms with E-state index in [1.807, 2.05) is 26.8 Å². The Morgan fingerprint density at radius 3 is 2.49 bits per heavy atom. The number of carbonyl (C=O) groups is 2. The van der Waals surface area contributed by atoms with Crippen molar-refractivity contribution >= 4 is 30.0 Å². The maximum absolute atomic E-state index is 13.8. The summed E-state index contributed by atoms with van der Waals surface area (Å²) in [7, 11) is 0. The average molecular weight is 541 g/mol. The second-order valence-electron chi connectivity index (χ2n) is 10.2. The molecule has 0 radical (unpaired) electrons. The van der Waals surface area contributed by atoms with Gasteiger partial charge in [-0.05, 0) is 45.4 Å². The maximum Gasteiger partial charge on any atom is 0.235 e. The molecule has 1 aromatic rings. The van der Waals surface area contributed by atoms with Gasteiger partial charge in [-0.2, -0.15) is 0 Å². The molecule has 4 atom stereocenters. The van der Waals surface area contributed by atoms with Gasteiger partial charge in [0.2, 0.25) is 11.8 Å². The summed E-state index contributed by atoms with van der Waals surface area (Å²) in [6.07, 6.45) is 4.02. The molecule has 2 heterocycles. The highest BCUT2D eigenvalue weighted by Crippen LogP contribution is 2.35. The van der Waals surface area contributed by atoms with E-state index in [0.29, 0.717) is 44.6 Å². The third-order valence-corrected chi connectivity index (χ3v) is 6.84. The van der Waals surface area contributed by atoms with Crippen molar-refractivity contribution in [2.24, 2.45) is 17.8 Å². The van der Waals surface area contributed by atoms with E-state index in [9.17, 15) is 14.7 Å². The number of hydrogen-bond donors (Lipinski definition) is 3. The first kappa shape index (κ1) is 31.3. The summed E-state index contributed by atoms with van der Waals surface area (Å²) < 4.78 is 11.4.